The predicted molar refractivity (Wildman–Crippen MR) is 101 cm³/mol. The van der Waals surface area contributed by atoms with Crippen molar-refractivity contribution in [2.75, 3.05) is 11.5 Å². The molecule has 1 saturated heterocycles. The summed E-state index contributed by atoms with van der Waals surface area (Å²) >= 11 is 6.79. The van der Waals surface area contributed by atoms with Gasteiger partial charge in [-0.1, -0.05) is 0 Å². The van der Waals surface area contributed by atoms with Gasteiger partial charge in [0.1, 0.15) is 0 Å². The molecular formula is C15H15Br2N3O4S. The van der Waals surface area contributed by atoms with Crippen molar-refractivity contribution in [3.05, 3.63) is 32.8 Å². The minimum absolute atomic E-state index is 0.0275. The van der Waals surface area contributed by atoms with Crippen LogP contribution in [0.4, 0.5) is 0 Å². The van der Waals surface area contributed by atoms with E-state index in [0.717, 1.165) is 14.5 Å². The van der Waals surface area contributed by atoms with Crippen molar-refractivity contribution < 1.29 is 18.0 Å². The number of hydrogen-bond acceptors (Lipinski definition) is 4. The first kappa shape index (κ1) is 18.4. The van der Waals surface area contributed by atoms with Crippen LogP contribution in [0.1, 0.15) is 23.2 Å². The van der Waals surface area contributed by atoms with Gasteiger partial charge >= 0.3 is 0 Å². The first-order valence-electron chi connectivity index (χ1n) is 7.51. The van der Waals surface area contributed by atoms with E-state index in [4.69, 9.17) is 0 Å². The maximum absolute atomic E-state index is 12.3. The third kappa shape index (κ3) is 4.24. The van der Waals surface area contributed by atoms with E-state index in [1.807, 2.05) is 6.07 Å². The summed E-state index contributed by atoms with van der Waals surface area (Å²) in [7, 11) is -3.02. The molecule has 7 nitrogen and oxygen atoms in total. The van der Waals surface area contributed by atoms with E-state index in [1.54, 1.807) is 12.3 Å². The molecule has 25 heavy (non-hydrogen) atoms. The van der Waals surface area contributed by atoms with Gasteiger partial charge in [-0.05, 0) is 56.3 Å². The molecule has 0 spiro atoms. The molecule has 0 bridgehead atoms. The summed E-state index contributed by atoms with van der Waals surface area (Å²) in [6.45, 7) is 0. The van der Waals surface area contributed by atoms with E-state index in [0.29, 0.717) is 17.4 Å². The van der Waals surface area contributed by atoms with Crippen LogP contribution in [0.2, 0.25) is 0 Å². The van der Waals surface area contributed by atoms with Crippen molar-refractivity contribution in [2.24, 2.45) is 5.92 Å². The number of H-pyrrole nitrogens is 1. The first-order valence-corrected chi connectivity index (χ1v) is 10.9. The average molecular weight is 493 g/mol. The van der Waals surface area contributed by atoms with Crippen LogP contribution in [-0.4, -0.2) is 36.7 Å². The molecule has 2 aromatic rings. The summed E-state index contributed by atoms with van der Waals surface area (Å²) in [5.41, 5.74) is 5.89. The molecule has 1 aliphatic rings. The fourth-order valence-corrected chi connectivity index (χ4v) is 5.39. The number of carbonyl (C=O) groups excluding carboxylic acids is 2. The van der Waals surface area contributed by atoms with Crippen LogP contribution in [0.15, 0.2) is 27.3 Å². The Hall–Kier alpha value is -1.39. The lowest BCUT2D eigenvalue weighted by Crippen LogP contribution is -2.42. The highest BCUT2D eigenvalue weighted by atomic mass is 79.9. The van der Waals surface area contributed by atoms with E-state index < -0.39 is 21.7 Å². The van der Waals surface area contributed by atoms with Crippen LogP contribution in [0.3, 0.4) is 0 Å². The zero-order chi connectivity index (χ0) is 18.2. The molecule has 0 aliphatic carbocycles. The molecule has 2 amide bonds. The van der Waals surface area contributed by atoms with Gasteiger partial charge < -0.3 is 4.98 Å². The Morgan fingerprint density at radius 1 is 1.20 bits per heavy atom. The smallest absolute Gasteiger partial charge is 0.271 e. The number of sulfone groups is 1. The SMILES string of the molecule is O=C(CC1CCS(=O)(=O)C1)NNC(=O)c1c[nH]c2cc(Br)c(Br)cc12. The van der Waals surface area contributed by atoms with Crippen molar-refractivity contribution in [1.82, 2.24) is 15.8 Å². The van der Waals surface area contributed by atoms with E-state index in [1.165, 1.54) is 0 Å². The van der Waals surface area contributed by atoms with Crippen LogP contribution in [0.25, 0.3) is 10.9 Å². The highest BCUT2D eigenvalue weighted by molar-refractivity contribution is 9.13. The van der Waals surface area contributed by atoms with E-state index in [2.05, 4.69) is 47.7 Å². The standard InChI is InChI=1S/C15H15Br2N3O4S/c16-11-4-9-10(6-18-13(9)5-12(11)17)15(22)20-19-14(21)3-8-1-2-25(23,24)7-8/h4-6,8,18H,1-3,7H2,(H,19,21)(H,20,22). The second-order valence-corrected chi connectivity index (χ2v) is 9.93. The molecule has 134 valence electrons. The molecule has 10 heteroatoms. The van der Waals surface area contributed by atoms with Crippen LogP contribution in [0, 0.1) is 5.92 Å². The second-order valence-electron chi connectivity index (χ2n) is 5.99. The number of halogens is 2. The molecule has 1 atom stereocenters. The third-order valence-corrected chi connectivity index (χ3v) is 7.76. The molecule has 1 aromatic heterocycles. The van der Waals surface area contributed by atoms with Gasteiger partial charge in [-0.3, -0.25) is 20.4 Å². The lowest BCUT2D eigenvalue weighted by atomic mass is 10.1. The minimum Gasteiger partial charge on any atom is -0.360 e. The number of aromatic amines is 1. The van der Waals surface area contributed by atoms with E-state index >= 15 is 0 Å². The Balaban J connectivity index is 1.61. The number of amides is 2. The second kappa shape index (κ2) is 7.08. The Bertz CT molecular complexity index is 955. The summed E-state index contributed by atoms with van der Waals surface area (Å²) in [5, 5.41) is 0.712. The molecule has 1 aromatic carbocycles. The zero-order valence-electron chi connectivity index (χ0n) is 12.9. The summed E-state index contributed by atoms with van der Waals surface area (Å²) in [5.74, 6) is -0.896. The summed E-state index contributed by atoms with van der Waals surface area (Å²) in [4.78, 5) is 27.2. The average Bonchev–Trinajstić information content (AvgIpc) is 3.08. The fourth-order valence-electron chi connectivity index (χ4n) is 2.84. The third-order valence-electron chi connectivity index (χ3n) is 4.08. The number of fused-ring (bicyclic) bond motifs is 1. The molecule has 0 radical (unpaired) electrons. The Morgan fingerprint density at radius 2 is 1.92 bits per heavy atom. The molecule has 0 saturated carbocycles. The summed E-state index contributed by atoms with van der Waals surface area (Å²) < 4.78 is 24.5. The predicted octanol–water partition coefficient (Wildman–Crippen LogP) is 2.28. The van der Waals surface area contributed by atoms with Crippen molar-refractivity contribution >= 4 is 64.4 Å². The molecular weight excluding hydrogens is 478 g/mol. The molecule has 1 aliphatic heterocycles. The van der Waals surface area contributed by atoms with E-state index in [-0.39, 0.29) is 23.8 Å². The lowest BCUT2D eigenvalue weighted by molar-refractivity contribution is -0.122. The van der Waals surface area contributed by atoms with Crippen LogP contribution in [-0.2, 0) is 14.6 Å². The first-order chi connectivity index (χ1) is 11.7. The molecule has 2 heterocycles. The van der Waals surface area contributed by atoms with Gasteiger partial charge in [-0.15, -0.1) is 0 Å². The Morgan fingerprint density at radius 3 is 2.60 bits per heavy atom. The van der Waals surface area contributed by atoms with Gasteiger partial charge in [0.25, 0.3) is 5.91 Å². The lowest BCUT2D eigenvalue weighted by Gasteiger charge is -2.09. The van der Waals surface area contributed by atoms with Gasteiger partial charge in [0.05, 0.1) is 17.1 Å². The highest BCUT2D eigenvalue weighted by Gasteiger charge is 2.29. The van der Waals surface area contributed by atoms with Gasteiger partial charge in [-0.25, -0.2) is 8.42 Å². The van der Waals surface area contributed by atoms with Gasteiger partial charge in [-0.2, -0.15) is 0 Å². The number of benzene rings is 1. The van der Waals surface area contributed by atoms with E-state index in [9.17, 15) is 18.0 Å². The topological polar surface area (TPSA) is 108 Å². The summed E-state index contributed by atoms with van der Waals surface area (Å²) in [6.07, 6.45) is 2.12. The van der Waals surface area contributed by atoms with Crippen molar-refractivity contribution in [3.8, 4) is 0 Å². The number of carbonyl (C=O) groups is 2. The Kier molecular flexibility index (Phi) is 5.21. The number of nitrogens with one attached hydrogen (secondary N) is 3. The number of hydrazine groups is 1. The van der Waals surface area contributed by atoms with Gasteiger partial charge in [0.15, 0.2) is 9.84 Å². The van der Waals surface area contributed by atoms with Gasteiger partial charge in [0.2, 0.25) is 5.91 Å². The molecule has 3 N–H and O–H groups in total. The maximum Gasteiger partial charge on any atom is 0.271 e. The zero-order valence-corrected chi connectivity index (χ0v) is 16.9. The Labute approximate surface area is 161 Å². The summed E-state index contributed by atoms with van der Waals surface area (Å²) in [6, 6.07) is 3.64. The largest absolute Gasteiger partial charge is 0.360 e. The van der Waals surface area contributed by atoms with Crippen LogP contribution < -0.4 is 10.9 Å². The molecule has 3 rings (SSSR count). The van der Waals surface area contributed by atoms with Crippen LogP contribution >= 0.6 is 31.9 Å². The fraction of sp³-hybridized carbons (Fsp3) is 0.333. The highest BCUT2D eigenvalue weighted by Crippen LogP contribution is 2.30. The quantitative estimate of drug-likeness (QED) is 0.571. The monoisotopic (exact) mass is 491 g/mol. The maximum atomic E-state index is 12.3. The van der Waals surface area contributed by atoms with Crippen molar-refractivity contribution in [1.29, 1.82) is 0 Å². The number of rotatable bonds is 3. The number of aromatic nitrogens is 1. The normalized spacial score (nSPS) is 19.0. The van der Waals surface area contributed by atoms with Crippen molar-refractivity contribution in [3.63, 3.8) is 0 Å². The molecule has 1 fully saturated rings. The number of hydrogen-bond donors (Lipinski definition) is 3. The van der Waals surface area contributed by atoms with Crippen LogP contribution in [0.5, 0.6) is 0 Å². The minimum atomic E-state index is -3.02. The van der Waals surface area contributed by atoms with Crippen molar-refractivity contribution in [2.45, 2.75) is 12.8 Å². The van der Waals surface area contributed by atoms with Gasteiger partial charge in [0, 0.05) is 32.5 Å². The molecule has 1 unspecified atom stereocenters.